The largest absolute Gasteiger partial charge is 0.469 e. The highest BCUT2D eigenvalue weighted by Crippen LogP contribution is 2.45. The van der Waals surface area contributed by atoms with E-state index in [1.54, 1.807) is 0 Å². The van der Waals surface area contributed by atoms with Crippen molar-refractivity contribution in [2.75, 3.05) is 14.2 Å². The molecule has 0 aromatic carbocycles. The number of hydrogen-bond acceptors (Lipinski definition) is 3. The van der Waals surface area contributed by atoms with E-state index in [1.165, 1.54) is 13.5 Å². The molecule has 0 radical (unpaired) electrons. The van der Waals surface area contributed by atoms with E-state index in [9.17, 15) is 4.79 Å². The van der Waals surface area contributed by atoms with E-state index >= 15 is 0 Å². The van der Waals surface area contributed by atoms with Gasteiger partial charge >= 0.3 is 5.97 Å². The van der Waals surface area contributed by atoms with E-state index in [0.717, 1.165) is 12.8 Å². The molecular formula is C11H21NO2. The third kappa shape index (κ3) is 2.47. The summed E-state index contributed by atoms with van der Waals surface area (Å²) in [5.74, 6) is -0.114. The lowest BCUT2D eigenvalue weighted by Gasteiger charge is -2.29. The van der Waals surface area contributed by atoms with Gasteiger partial charge in [0.25, 0.3) is 0 Å². The molecule has 1 N–H and O–H groups in total. The second kappa shape index (κ2) is 3.89. The number of carbonyl (C=O) groups is 1. The molecule has 3 nitrogen and oxygen atoms in total. The van der Waals surface area contributed by atoms with Crippen molar-refractivity contribution in [3.8, 4) is 0 Å². The molecule has 0 aromatic heterocycles. The van der Waals surface area contributed by atoms with Gasteiger partial charge in [-0.2, -0.15) is 0 Å². The number of nitrogens with one attached hydrogen (secondary N) is 1. The van der Waals surface area contributed by atoms with Crippen LogP contribution in [0.3, 0.4) is 0 Å². The lowest BCUT2D eigenvalue weighted by molar-refractivity contribution is -0.142. The highest BCUT2D eigenvalue weighted by molar-refractivity contribution is 5.70. The van der Waals surface area contributed by atoms with Crippen LogP contribution >= 0.6 is 0 Å². The highest BCUT2D eigenvalue weighted by Gasteiger charge is 2.43. The van der Waals surface area contributed by atoms with Gasteiger partial charge in [-0.3, -0.25) is 4.79 Å². The Morgan fingerprint density at radius 1 is 1.43 bits per heavy atom. The summed E-state index contributed by atoms with van der Waals surface area (Å²) in [5, 5.41) is 3.30. The maximum Gasteiger partial charge on any atom is 0.307 e. The van der Waals surface area contributed by atoms with E-state index in [4.69, 9.17) is 4.74 Å². The van der Waals surface area contributed by atoms with Crippen LogP contribution in [-0.4, -0.2) is 25.7 Å². The minimum Gasteiger partial charge on any atom is -0.469 e. The number of ether oxygens (including phenoxy) is 1. The molecule has 3 heteroatoms. The van der Waals surface area contributed by atoms with Crippen LogP contribution < -0.4 is 5.32 Å². The van der Waals surface area contributed by atoms with Gasteiger partial charge < -0.3 is 10.1 Å². The number of rotatable bonds is 3. The van der Waals surface area contributed by atoms with Crippen LogP contribution in [0.15, 0.2) is 0 Å². The maximum absolute atomic E-state index is 11.3. The second-order valence-electron chi connectivity index (χ2n) is 5.12. The van der Waals surface area contributed by atoms with Crippen molar-refractivity contribution in [3.05, 3.63) is 0 Å². The van der Waals surface area contributed by atoms with Crippen molar-refractivity contribution in [3.63, 3.8) is 0 Å². The zero-order chi connectivity index (χ0) is 10.8. The number of hydrogen-bond donors (Lipinski definition) is 1. The molecule has 0 spiro atoms. The van der Waals surface area contributed by atoms with Crippen LogP contribution in [-0.2, 0) is 9.53 Å². The van der Waals surface area contributed by atoms with Crippen molar-refractivity contribution < 1.29 is 9.53 Å². The first-order valence-corrected chi connectivity index (χ1v) is 5.19. The summed E-state index contributed by atoms with van der Waals surface area (Å²) >= 11 is 0. The maximum atomic E-state index is 11.3. The number of carbonyl (C=O) groups excluding carboxylic acids is 1. The molecule has 0 aliphatic heterocycles. The molecule has 1 aliphatic rings. The number of methoxy groups -OCH3 is 1. The first-order chi connectivity index (χ1) is 6.43. The van der Waals surface area contributed by atoms with E-state index in [0.29, 0.717) is 11.8 Å². The van der Waals surface area contributed by atoms with Crippen molar-refractivity contribution in [1.29, 1.82) is 0 Å². The Hall–Kier alpha value is -0.570. The minimum atomic E-state index is -0.114. The Bertz CT molecular complexity index is 225. The van der Waals surface area contributed by atoms with Gasteiger partial charge in [0.2, 0.25) is 0 Å². The fourth-order valence-corrected chi connectivity index (χ4v) is 2.47. The second-order valence-corrected chi connectivity index (χ2v) is 5.12. The summed E-state index contributed by atoms with van der Waals surface area (Å²) in [6.45, 7) is 4.51. The molecule has 0 heterocycles. The summed E-state index contributed by atoms with van der Waals surface area (Å²) < 4.78 is 4.73. The Morgan fingerprint density at radius 2 is 2.07 bits per heavy atom. The van der Waals surface area contributed by atoms with Crippen LogP contribution in [0.4, 0.5) is 0 Å². The van der Waals surface area contributed by atoms with E-state index in [-0.39, 0.29) is 11.5 Å². The standard InChI is InChI=1S/C11H21NO2/c1-10(2)5-6-11(8-10,12-3)7-9(13)14-4/h12H,5-8H2,1-4H3. The fraction of sp³-hybridized carbons (Fsp3) is 0.909. The van der Waals surface area contributed by atoms with Gasteiger partial charge in [-0.1, -0.05) is 13.8 Å². The summed E-state index contributed by atoms with van der Waals surface area (Å²) in [7, 11) is 3.39. The summed E-state index contributed by atoms with van der Waals surface area (Å²) in [5.41, 5.74) is 0.313. The molecule has 0 bridgehead atoms. The quantitative estimate of drug-likeness (QED) is 0.703. The van der Waals surface area contributed by atoms with Gasteiger partial charge in [0.05, 0.1) is 13.5 Å². The van der Waals surface area contributed by atoms with E-state index in [1.807, 2.05) is 7.05 Å². The monoisotopic (exact) mass is 199 g/mol. The average Bonchev–Trinajstić information content (AvgIpc) is 2.42. The lowest BCUT2D eigenvalue weighted by atomic mass is 9.86. The Kier molecular flexibility index (Phi) is 3.20. The lowest BCUT2D eigenvalue weighted by Crippen LogP contribution is -2.43. The van der Waals surface area contributed by atoms with Crippen molar-refractivity contribution >= 4 is 5.97 Å². The van der Waals surface area contributed by atoms with Crippen LogP contribution in [0.2, 0.25) is 0 Å². The smallest absolute Gasteiger partial charge is 0.307 e. The van der Waals surface area contributed by atoms with Crippen LogP contribution in [0, 0.1) is 5.41 Å². The molecule has 82 valence electrons. The van der Waals surface area contributed by atoms with E-state index < -0.39 is 0 Å². The van der Waals surface area contributed by atoms with Crippen LogP contribution in [0.5, 0.6) is 0 Å². The Morgan fingerprint density at radius 3 is 2.43 bits per heavy atom. The highest BCUT2D eigenvalue weighted by atomic mass is 16.5. The predicted octanol–water partition coefficient (Wildman–Crippen LogP) is 1.72. The molecule has 0 aromatic rings. The van der Waals surface area contributed by atoms with Crippen LogP contribution in [0.25, 0.3) is 0 Å². The van der Waals surface area contributed by atoms with Gasteiger partial charge in [-0.15, -0.1) is 0 Å². The first kappa shape index (κ1) is 11.5. The van der Waals surface area contributed by atoms with E-state index in [2.05, 4.69) is 19.2 Å². The molecule has 1 atom stereocenters. The number of esters is 1. The average molecular weight is 199 g/mol. The van der Waals surface area contributed by atoms with Gasteiger partial charge in [0, 0.05) is 5.54 Å². The topological polar surface area (TPSA) is 38.3 Å². The summed E-state index contributed by atoms with van der Waals surface area (Å²) in [6, 6.07) is 0. The molecule has 1 rings (SSSR count). The minimum absolute atomic E-state index is 0.0312. The molecule has 0 amide bonds. The Balaban J connectivity index is 2.65. The summed E-state index contributed by atoms with van der Waals surface area (Å²) in [4.78, 5) is 11.3. The molecule has 1 unspecified atom stereocenters. The molecule has 0 saturated heterocycles. The normalized spacial score (nSPS) is 30.3. The van der Waals surface area contributed by atoms with Gasteiger partial charge in [-0.25, -0.2) is 0 Å². The van der Waals surface area contributed by atoms with Crippen LogP contribution in [0.1, 0.15) is 39.5 Å². The van der Waals surface area contributed by atoms with Crippen molar-refractivity contribution in [2.45, 2.75) is 45.1 Å². The molecule has 14 heavy (non-hydrogen) atoms. The molecule has 1 saturated carbocycles. The molecular weight excluding hydrogens is 178 g/mol. The molecule has 1 aliphatic carbocycles. The zero-order valence-corrected chi connectivity index (χ0v) is 9.64. The van der Waals surface area contributed by atoms with Gasteiger partial charge in [0.15, 0.2) is 0 Å². The SMILES string of the molecule is CNC1(CC(=O)OC)CCC(C)(C)C1. The predicted molar refractivity (Wildman–Crippen MR) is 56.1 cm³/mol. The summed E-state index contributed by atoms with van der Waals surface area (Å²) in [6.07, 6.45) is 3.77. The third-order valence-electron chi connectivity index (χ3n) is 3.34. The zero-order valence-electron chi connectivity index (χ0n) is 9.64. The fourth-order valence-electron chi connectivity index (χ4n) is 2.47. The van der Waals surface area contributed by atoms with Crippen molar-refractivity contribution in [1.82, 2.24) is 5.32 Å². The van der Waals surface area contributed by atoms with Crippen molar-refractivity contribution in [2.24, 2.45) is 5.41 Å². The van der Waals surface area contributed by atoms with Gasteiger partial charge in [0.1, 0.15) is 0 Å². The Labute approximate surface area is 86.2 Å². The first-order valence-electron chi connectivity index (χ1n) is 5.19. The molecule has 1 fully saturated rings. The van der Waals surface area contributed by atoms with Gasteiger partial charge in [-0.05, 0) is 31.7 Å². The third-order valence-corrected chi connectivity index (χ3v) is 3.34.